The average molecular weight is 477 g/mol. The summed E-state index contributed by atoms with van der Waals surface area (Å²) in [6.07, 6.45) is 4.02. The Balaban J connectivity index is 1.69. The third-order valence-corrected chi connectivity index (χ3v) is 7.89. The van der Waals surface area contributed by atoms with Crippen molar-refractivity contribution >= 4 is 34.9 Å². The summed E-state index contributed by atoms with van der Waals surface area (Å²) in [5, 5.41) is 3.06. The molecule has 4 atom stereocenters. The van der Waals surface area contributed by atoms with Gasteiger partial charge in [0.05, 0.1) is 12.0 Å². The molecule has 3 aliphatic heterocycles. The van der Waals surface area contributed by atoms with Crippen LogP contribution in [0.3, 0.4) is 0 Å². The Morgan fingerprint density at radius 2 is 1.56 bits per heavy atom. The molecule has 3 aromatic carbocycles. The average Bonchev–Trinajstić information content (AvgIpc) is 3.36. The molecular formula is C31H28N2O3. The second-order valence-electron chi connectivity index (χ2n) is 10.9. The Labute approximate surface area is 210 Å². The minimum atomic E-state index is -1.25. The number of rotatable bonds is 3. The van der Waals surface area contributed by atoms with Gasteiger partial charge in [0, 0.05) is 22.4 Å². The Morgan fingerprint density at radius 1 is 0.889 bits per heavy atom. The van der Waals surface area contributed by atoms with Gasteiger partial charge in [-0.2, -0.15) is 0 Å². The van der Waals surface area contributed by atoms with Gasteiger partial charge in [0.15, 0.2) is 11.6 Å². The second kappa shape index (κ2) is 7.76. The number of nitrogens with one attached hydrogen (secondary N) is 1. The molecular weight excluding hydrogens is 448 g/mol. The molecule has 5 nitrogen and oxygen atoms in total. The summed E-state index contributed by atoms with van der Waals surface area (Å²) >= 11 is 0. The van der Waals surface area contributed by atoms with Crippen LogP contribution in [-0.2, 0) is 15.0 Å². The van der Waals surface area contributed by atoms with E-state index in [4.69, 9.17) is 0 Å². The molecule has 1 spiro atoms. The fourth-order valence-corrected chi connectivity index (χ4v) is 6.35. The van der Waals surface area contributed by atoms with Gasteiger partial charge in [-0.15, -0.1) is 0 Å². The third-order valence-electron chi connectivity index (χ3n) is 7.89. The van der Waals surface area contributed by atoms with Gasteiger partial charge >= 0.3 is 0 Å². The SMILES string of the molecule is CC(C)(C)C(=O)[C@H]1[C@H](C(=O)c2ccccc2)[C@]2(C(=O)Nc3ccccc32)[C@H]2C=Cc3ccccc3N12. The van der Waals surface area contributed by atoms with Crippen molar-refractivity contribution in [1.82, 2.24) is 0 Å². The van der Waals surface area contributed by atoms with Gasteiger partial charge in [-0.05, 0) is 23.3 Å². The number of fused-ring (bicyclic) bond motifs is 6. The van der Waals surface area contributed by atoms with Crippen LogP contribution in [-0.4, -0.2) is 29.6 Å². The lowest BCUT2D eigenvalue weighted by Crippen LogP contribution is -2.51. The van der Waals surface area contributed by atoms with Crippen LogP contribution in [0.25, 0.3) is 6.08 Å². The Bertz CT molecular complexity index is 1440. The summed E-state index contributed by atoms with van der Waals surface area (Å²) in [4.78, 5) is 45.0. The number of ketones is 2. The highest BCUT2D eigenvalue weighted by atomic mass is 16.2. The molecule has 1 amide bonds. The molecule has 3 aliphatic rings. The van der Waals surface area contributed by atoms with E-state index in [1.54, 1.807) is 12.1 Å². The molecule has 6 rings (SSSR count). The lowest BCUT2D eigenvalue weighted by atomic mass is 9.63. The Hall–Kier alpha value is -3.99. The number of hydrogen-bond acceptors (Lipinski definition) is 4. The number of para-hydroxylation sites is 2. The molecule has 0 radical (unpaired) electrons. The quantitative estimate of drug-likeness (QED) is 0.523. The van der Waals surface area contributed by atoms with E-state index in [2.05, 4.69) is 10.2 Å². The van der Waals surface area contributed by atoms with Crippen LogP contribution >= 0.6 is 0 Å². The first-order valence-corrected chi connectivity index (χ1v) is 12.4. The van der Waals surface area contributed by atoms with Gasteiger partial charge < -0.3 is 10.2 Å². The molecule has 36 heavy (non-hydrogen) atoms. The highest BCUT2D eigenvalue weighted by Crippen LogP contribution is 2.58. The number of carbonyl (C=O) groups is 3. The van der Waals surface area contributed by atoms with Gasteiger partial charge in [0.2, 0.25) is 5.91 Å². The number of Topliss-reactive ketones (excluding diaryl/α,β-unsaturated/α-hetero) is 2. The fraction of sp³-hybridized carbons (Fsp3) is 0.258. The molecule has 0 saturated carbocycles. The topological polar surface area (TPSA) is 66.5 Å². The van der Waals surface area contributed by atoms with Crippen molar-refractivity contribution in [3.63, 3.8) is 0 Å². The molecule has 0 aliphatic carbocycles. The first-order valence-electron chi connectivity index (χ1n) is 12.4. The van der Waals surface area contributed by atoms with Crippen molar-refractivity contribution in [3.8, 4) is 0 Å². The van der Waals surface area contributed by atoms with E-state index in [0.29, 0.717) is 11.3 Å². The summed E-state index contributed by atoms with van der Waals surface area (Å²) in [5.41, 5.74) is 1.84. The molecule has 5 heteroatoms. The normalized spacial score (nSPS) is 25.8. The maximum atomic E-state index is 14.5. The molecule has 180 valence electrons. The molecule has 1 fully saturated rings. The van der Waals surface area contributed by atoms with Crippen LogP contribution in [0, 0.1) is 11.3 Å². The zero-order valence-corrected chi connectivity index (χ0v) is 20.6. The minimum Gasteiger partial charge on any atom is -0.352 e. The first kappa shape index (κ1) is 22.5. The van der Waals surface area contributed by atoms with Crippen molar-refractivity contribution in [2.45, 2.75) is 38.3 Å². The van der Waals surface area contributed by atoms with Crippen LogP contribution in [0.1, 0.15) is 42.3 Å². The number of anilines is 2. The van der Waals surface area contributed by atoms with E-state index in [-0.39, 0.29) is 17.5 Å². The van der Waals surface area contributed by atoms with Crippen LogP contribution < -0.4 is 10.2 Å². The fourth-order valence-electron chi connectivity index (χ4n) is 6.35. The van der Waals surface area contributed by atoms with E-state index in [1.165, 1.54) is 0 Å². The van der Waals surface area contributed by atoms with E-state index in [0.717, 1.165) is 16.8 Å². The molecule has 0 bridgehead atoms. The molecule has 0 aromatic heterocycles. The lowest BCUT2D eigenvalue weighted by Gasteiger charge is -2.38. The Kier molecular flexibility index (Phi) is 4.84. The largest absolute Gasteiger partial charge is 0.352 e. The number of carbonyl (C=O) groups excluding carboxylic acids is 3. The highest BCUT2D eigenvalue weighted by molar-refractivity contribution is 6.17. The molecule has 1 N–H and O–H groups in total. The van der Waals surface area contributed by atoms with Gasteiger partial charge in [-0.25, -0.2) is 0 Å². The van der Waals surface area contributed by atoms with E-state index in [1.807, 2.05) is 99.7 Å². The van der Waals surface area contributed by atoms with E-state index >= 15 is 0 Å². The number of hydrogen-bond donors (Lipinski definition) is 1. The van der Waals surface area contributed by atoms with Crippen molar-refractivity contribution in [1.29, 1.82) is 0 Å². The van der Waals surface area contributed by atoms with Gasteiger partial charge in [-0.3, -0.25) is 14.4 Å². The molecule has 1 saturated heterocycles. The van der Waals surface area contributed by atoms with Crippen LogP contribution in [0.5, 0.6) is 0 Å². The molecule has 0 unspecified atom stereocenters. The van der Waals surface area contributed by atoms with Crippen molar-refractivity contribution < 1.29 is 14.4 Å². The third kappa shape index (κ3) is 2.92. The summed E-state index contributed by atoms with van der Waals surface area (Å²) in [6.45, 7) is 5.65. The minimum absolute atomic E-state index is 0.0547. The van der Waals surface area contributed by atoms with Gasteiger partial charge in [0.25, 0.3) is 0 Å². The molecule has 3 aromatic rings. The highest BCUT2D eigenvalue weighted by Gasteiger charge is 2.70. The van der Waals surface area contributed by atoms with Crippen LogP contribution in [0.2, 0.25) is 0 Å². The van der Waals surface area contributed by atoms with E-state index < -0.39 is 28.8 Å². The summed E-state index contributed by atoms with van der Waals surface area (Å²) in [6, 6.07) is 23.2. The van der Waals surface area contributed by atoms with Crippen molar-refractivity contribution in [2.24, 2.45) is 11.3 Å². The summed E-state index contributed by atoms with van der Waals surface area (Å²) in [5.74, 6) is -1.39. The first-order chi connectivity index (χ1) is 17.3. The lowest BCUT2D eigenvalue weighted by molar-refractivity contribution is -0.128. The van der Waals surface area contributed by atoms with Crippen molar-refractivity contribution in [2.75, 3.05) is 10.2 Å². The second-order valence-corrected chi connectivity index (χ2v) is 10.9. The van der Waals surface area contributed by atoms with Crippen molar-refractivity contribution in [3.05, 3.63) is 102 Å². The van der Waals surface area contributed by atoms with Gasteiger partial charge in [-0.1, -0.05) is 99.7 Å². The monoisotopic (exact) mass is 476 g/mol. The molecule has 3 heterocycles. The van der Waals surface area contributed by atoms with Crippen LogP contribution in [0.4, 0.5) is 11.4 Å². The maximum Gasteiger partial charge on any atom is 0.238 e. The number of nitrogens with zero attached hydrogens (tertiary/aromatic N) is 1. The Morgan fingerprint density at radius 3 is 2.31 bits per heavy atom. The summed E-state index contributed by atoms with van der Waals surface area (Å²) in [7, 11) is 0. The predicted octanol–water partition coefficient (Wildman–Crippen LogP) is 5.28. The number of benzene rings is 3. The van der Waals surface area contributed by atoms with Gasteiger partial charge in [0.1, 0.15) is 11.5 Å². The summed E-state index contributed by atoms with van der Waals surface area (Å²) < 4.78 is 0. The number of amides is 1. The van der Waals surface area contributed by atoms with E-state index in [9.17, 15) is 14.4 Å². The maximum absolute atomic E-state index is 14.5. The smallest absolute Gasteiger partial charge is 0.238 e. The standard InChI is InChI=1S/C31H28N2O3/c1-30(2,3)28(35)26-25(27(34)20-12-5-4-6-13-20)31(21-14-8-9-15-22(21)32-29(31)36)24-18-17-19-11-7-10-16-23(19)33(24)26/h4-18,24-26H,1-3H3,(H,32,36)/t24-,25-,26-,31-/m1/s1. The van der Waals surface area contributed by atoms with Crippen LogP contribution in [0.15, 0.2) is 84.9 Å². The zero-order valence-electron chi connectivity index (χ0n) is 20.6. The predicted molar refractivity (Wildman–Crippen MR) is 141 cm³/mol. The zero-order chi connectivity index (χ0) is 25.2.